The van der Waals surface area contributed by atoms with Crippen LogP contribution in [0, 0.1) is 0 Å². The Balaban J connectivity index is 0.00000312. The predicted molar refractivity (Wildman–Crippen MR) is 84.8 cm³/mol. The molecule has 2 aromatic rings. The topological polar surface area (TPSA) is 138 Å². The van der Waals surface area contributed by atoms with E-state index < -0.39 is 34.9 Å². The zero-order valence-electron chi connectivity index (χ0n) is 13.2. The van der Waals surface area contributed by atoms with Gasteiger partial charge < -0.3 is 4.55 Å². The van der Waals surface area contributed by atoms with Crippen LogP contribution >= 0.6 is 0 Å². The SMILES string of the molecule is CS(=O)(=O)c1cccc(S(=O)(=O)Nc2cccc(S(=O)(=O)[O-])c2)c1.[K+]. The minimum absolute atomic E-state index is 0. The summed E-state index contributed by atoms with van der Waals surface area (Å²) in [6, 6.07) is 9.05. The molecule has 8 nitrogen and oxygen atoms in total. The van der Waals surface area contributed by atoms with E-state index in [0.29, 0.717) is 0 Å². The van der Waals surface area contributed by atoms with Crippen LogP contribution in [-0.4, -0.2) is 36.1 Å². The number of hydrogen-bond donors (Lipinski definition) is 1. The van der Waals surface area contributed by atoms with E-state index in [0.717, 1.165) is 24.5 Å². The summed E-state index contributed by atoms with van der Waals surface area (Å²) in [6.45, 7) is 0. The van der Waals surface area contributed by atoms with Crippen LogP contribution in [0.3, 0.4) is 0 Å². The van der Waals surface area contributed by atoms with Gasteiger partial charge in [-0.15, -0.1) is 0 Å². The van der Waals surface area contributed by atoms with Crippen molar-refractivity contribution in [3.63, 3.8) is 0 Å². The standard InChI is InChI=1S/C13H13NO7S3.K/c1-22(15,16)11-5-3-6-12(9-11)23(17,18)14-10-4-2-7-13(8-10)24(19,20)21;/h2-9,14H,1H3,(H,19,20,21);/q;+1/p-1. The minimum atomic E-state index is -4.74. The van der Waals surface area contributed by atoms with Crippen molar-refractivity contribution in [3.8, 4) is 0 Å². The summed E-state index contributed by atoms with van der Waals surface area (Å²) < 4.78 is 82.7. The number of sulfone groups is 1. The summed E-state index contributed by atoms with van der Waals surface area (Å²) in [5.41, 5.74) is -0.142. The van der Waals surface area contributed by atoms with Gasteiger partial charge in [-0.3, -0.25) is 4.72 Å². The maximum Gasteiger partial charge on any atom is 1.00 e. The Morgan fingerprint density at radius 2 is 1.32 bits per heavy atom. The number of benzene rings is 2. The van der Waals surface area contributed by atoms with Gasteiger partial charge in [-0.05, 0) is 36.4 Å². The molecule has 0 spiro atoms. The van der Waals surface area contributed by atoms with Crippen LogP contribution in [0.1, 0.15) is 0 Å². The number of rotatable bonds is 5. The Bertz CT molecular complexity index is 1090. The number of anilines is 1. The second-order valence-corrected chi connectivity index (χ2v) is 9.91. The third-order valence-corrected chi connectivity index (χ3v) is 6.24. The van der Waals surface area contributed by atoms with Crippen molar-refractivity contribution in [2.75, 3.05) is 11.0 Å². The summed E-state index contributed by atoms with van der Waals surface area (Å²) in [5.74, 6) is 0. The van der Waals surface area contributed by atoms with Gasteiger partial charge in [-0.2, -0.15) is 0 Å². The molecule has 2 aromatic carbocycles. The molecule has 0 bridgehead atoms. The molecule has 0 aliphatic carbocycles. The predicted octanol–water partition coefficient (Wildman–Crippen LogP) is -2.20. The van der Waals surface area contributed by atoms with Crippen molar-refractivity contribution in [2.45, 2.75) is 14.7 Å². The first-order valence-corrected chi connectivity index (χ1v) is 11.1. The molecular weight excluding hydrogens is 417 g/mol. The fourth-order valence-electron chi connectivity index (χ4n) is 1.80. The molecule has 1 N–H and O–H groups in total. The normalized spacial score (nSPS) is 12.2. The quantitative estimate of drug-likeness (QED) is 0.420. The summed E-state index contributed by atoms with van der Waals surface area (Å²) >= 11 is 0. The third-order valence-electron chi connectivity index (χ3n) is 2.92. The summed E-state index contributed by atoms with van der Waals surface area (Å²) in [6.07, 6.45) is 0.939. The molecule has 2 rings (SSSR count). The van der Waals surface area contributed by atoms with Crippen LogP contribution in [0.15, 0.2) is 63.2 Å². The Hall–Kier alpha value is -0.314. The molecule has 12 heteroatoms. The van der Waals surface area contributed by atoms with E-state index in [2.05, 4.69) is 4.72 Å². The summed E-state index contributed by atoms with van der Waals surface area (Å²) in [4.78, 5) is -1.09. The molecule has 0 aromatic heterocycles. The fourth-order valence-corrected chi connectivity index (χ4v) is 4.15. The molecular formula is C13H12KNO7S3. The first-order chi connectivity index (χ1) is 10.9. The van der Waals surface area contributed by atoms with E-state index in [1.165, 1.54) is 30.3 Å². The van der Waals surface area contributed by atoms with Gasteiger partial charge in [-0.1, -0.05) is 12.1 Å². The average Bonchev–Trinajstić information content (AvgIpc) is 2.45. The Labute approximate surface area is 188 Å². The van der Waals surface area contributed by atoms with E-state index in [1.54, 1.807) is 0 Å². The van der Waals surface area contributed by atoms with Crippen molar-refractivity contribution < 1.29 is 81.2 Å². The smallest absolute Gasteiger partial charge is 0.744 e. The Morgan fingerprint density at radius 1 is 0.800 bits per heavy atom. The molecule has 0 heterocycles. The van der Waals surface area contributed by atoms with Crippen LogP contribution in [0.25, 0.3) is 0 Å². The summed E-state index contributed by atoms with van der Waals surface area (Å²) in [7, 11) is -12.5. The Kier molecular flexibility index (Phi) is 7.40. The van der Waals surface area contributed by atoms with E-state index in [-0.39, 0.29) is 66.9 Å². The first-order valence-electron chi connectivity index (χ1n) is 6.28. The van der Waals surface area contributed by atoms with Gasteiger partial charge in [0.2, 0.25) is 0 Å². The maximum atomic E-state index is 12.3. The fraction of sp³-hybridized carbons (Fsp3) is 0.0769. The minimum Gasteiger partial charge on any atom is -0.744 e. The van der Waals surface area contributed by atoms with Crippen molar-refractivity contribution >= 4 is 35.7 Å². The second-order valence-electron chi connectivity index (χ2n) is 4.83. The second kappa shape index (κ2) is 8.15. The molecule has 0 saturated carbocycles. The maximum absolute atomic E-state index is 12.3. The molecule has 0 saturated heterocycles. The van der Waals surface area contributed by atoms with Crippen LogP contribution in [0.2, 0.25) is 0 Å². The molecule has 130 valence electrons. The Morgan fingerprint density at radius 3 is 1.88 bits per heavy atom. The third kappa shape index (κ3) is 6.11. The van der Waals surface area contributed by atoms with Crippen LogP contribution in [0.5, 0.6) is 0 Å². The molecule has 25 heavy (non-hydrogen) atoms. The van der Waals surface area contributed by atoms with Crippen molar-refractivity contribution in [1.82, 2.24) is 0 Å². The number of sulfonamides is 1. The zero-order chi connectivity index (χ0) is 18.2. The monoisotopic (exact) mass is 429 g/mol. The van der Waals surface area contributed by atoms with Gasteiger partial charge in [0.05, 0.1) is 20.4 Å². The van der Waals surface area contributed by atoms with Crippen LogP contribution < -0.4 is 56.1 Å². The molecule has 0 amide bonds. The van der Waals surface area contributed by atoms with E-state index in [4.69, 9.17) is 0 Å². The van der Waals surface area contributed by atoms with E-state index in [9.17, 15) is 29.8 Å². The van der Waals surface area contributed by atoms with Crippen LogP contribution in [-0.2, 0) is 30.0 Å². The van der Waals surface area contributed by atoms with Crippen molar-refractivity contribution in [1.29, 1.82) is 0 Å². The molecule has 0 aliphatic heterocycles. The molecule has 0 fully saturated rings. The number of hydrogen-bond acceptors (Lipinski definition) is 7. The number of nitrogens with one attached hydrogen (secondary N) is 1. The van der Waals surface area contributed by atoms with Crippen molar-refractivity contribution in [2.24, 2.45) is 0 Å². The van der Waals surface area contributed by atoms with Gasteiger partial charge in [0.25, 0.3) is 10.0 Å². The molecule has 0 unspecified atom stereocenters. The average molecular weight is 430 g/mol. The van der Waals surface area contributed by atoms with Gasteiger partial charge in [0.15, 0.2) is 9.84 Å². The first kappa shape index (κ1) is 22.7. The van der Waals surface area contributed by atoms with Gasteiger partial charge >= 0.3 is 51.4 Å². The van der Waals surface area contributed by atoms with Crippen LogP contribution in [0.4, 0.5) is 5.69 Å². The van der Waals surface area contributed by atoms with E-state index in [1.807, 2.05) is 0 Å². The molecule has 0 atom stereocenters. The van der Waals surface area contributed by atoms with E-state index >= 15 is 0 Å². The molecule has 0 radical (unpaired) electrons. The largest absolute Gasteiger partial charge is 1.00 e. The van der Waals surface area contributed by atoms with Gasteiger partial charge in [0.1, 0.15) is 10.1 Å². The summed E-state index contributed by atoms with van der Waals surface area (Å²) in [5, 5.41) is 0. The molecule has 0 aliphatic rings. The van der Waals surface area contributed by atoms with Crippen molar-refractivity contribution in [3.05, 3.63) is 48.5 Å². The van der Waals surface area contributed by atoms with Gasteiger partial charge in [0, 0.05) is 6.26 Å². The zero-order valence-corrected chi connectivity index (χ0v) is 18.8. The van der Waals surface area contributed by atoms with Gasteiger partial charge in [-0.25, -0.2) is 25.3 Å².